The predicted octanol–water partition coefficient (Wildman–Crippen LogP) is 0.895. The van der Waals surface area contributed by atoms with Crippen LogP contribution in [0.4, 0.5) is 5.82 Å². The summed E-state index contributed by atoms with van der Waals surface area (Å²) in [7, 11) is 0. The highest BCUT2D eigenvalue weighted by molar-refractivity contribution is 5.37. The van der Waals surface area contributed by atoms with E-state index in [2.05, 4.69) is 42.3 Å². The van der Waals surface area contributed by atoms with E-state index in [1.54, 1.807) is 6.20 Å². The summed E-state index contributed by atoms with van der Waals surface area (Å²) in [4.78, 5) is 6.58. The van der Waals surface area contributed by atoms with E-state index in [4.69, 9.17) is 0 Å². The molecule has 132 valence electrons. The minimum absolute atomic E-state index is 0.306. The van der Waals surface area contributed by atoms with Crippen molar-refractivity contribution < 1.29 is 0 Å². The van der Waals surface area contributed by atoms with Gasteiger partial charge in [-0.1, -0.05) is 6.07 Å². The minimum Gasteiger partial charge on any atom is -0.354 e. The maximum atomic E-state index is 4.25. The van der Waals surface area contributed by atoms with Crippen molar-refractivity contribution in [2.45, 2.75) is 24.9 Å². The number of hydrazine groups is 1. The molecule has 7 heteroatoms. The van der Waals surface area contributed by atoms with Gasteiger partial charge in [-0.2, -0.15) is 5.10 Å². The van der Waals surface area contributed by atoms with Crippen LogP contribution in [0.2, 0.25) is 0 Å². The first kappa shape index (κ1) is 16.4. The first-order chi connectivity index (χ1) is 12.4. The summed E-state index contributed by atoms with van der Waals surface area (Å²) in [5, 5.41) is 12.0. The average Bonchev–Trinajstić information content (AvgIpc) is 3.17. The van der Waals surface area contributed by atoms with Crippen LogP contribution in [-0.2, 0) is 0 Å². The predicted molar refractivity (Wildman–Crippen MR) is 96.9 cm³/mol. The molecule has 2 aliphatic rings. The van der Waals surface area contributed by atoms with Gasteiger partial charge in [0.15, 0.2) is 5.82 Å². The number of hydrogen-bond acceptors (Lipinski definition) is 7. The number of nitrogens with zero attached hydrogens (tertiary/aromatic N) is 4. The zero-order valence-electron chi connectivity index (χ0n) is 14.3. The summed E-state index contributed by atoms with van der Waals surface area (Å²) in [6.45, 7) is 4.00. The monoisotopic (exact) mass is 339 g/mol. The molecule has 0 aliphatic carbocycles. The third-order valence-corrected chi connectivity index (χ3v) is 5.11. The number of aromatic nitrogens is 3. The van der Waals surface area contributed by atoms with Gasteiger partial charge in [0.05, 0.1) is 6.04 Å². The Morgan fingerprint density at radius 3 is 3.04 bits per heavy atom. The minimum atomic E-state index is 0.306. The Morgan fingerprint density at radius 2 is 2.20 bits per heavy atom. The van der Waals surface area contributed by atoms with Crippen LogP contribution in [0.5, 0.6) is 0 Å². The maximum Gasteiger partial charge on any atom is 0.151 e. The van der Waals surface area contributed by atoms with Crippen molar-refractivity contribution >= 4 is 5.82 Å². The average molecular weight is 339 g/mol. The standard InChI is InChI=1S/C18H25N7/c1-4-14(10-19-7-1)18-15(12-22-24-18)11-20-16-5-3-9-25(13-16)17-6-2-8-21-23-17/h1-2,4,6-8,10,15-16,18,20,22,24H,3,5,9,11-13H2. The zero-order chi connectivity index (χ0) is 16.9. The van der Waals surface area contributed by atoms with Gasteiger partial charge in [0, 0.05) is 56.7 Å². The molecule has 0 spiro atoms. The molecule has 25 heavy (non-hydrogen) atoms. The molecule has 2 fully saturated rings. The van der Waals surface area contributed by atoms with Gasteiger partial charge in [-0.25, -0.2) is 5.43 Å². The van der Waals surface area contributed by atoms with Gasteiger partial charge in [-0.05, 0) is 36.6 Å². The molecule has 2 saturated heterocycles. The molecule has 2 aromatic heterocycles. The Balaban J connectivity index is 1.33. The molecule has 4 heterocycles. The number of anilines is 1. The zero-order valence-corrected chi connectivity index (χ0v) is 14.3. The van der Waals surface area contributed by atoms with Gasteiger partial charge in [0.2, 0.25) is 0 Å². The van der Waals surface area contributed by atoms with Gasteiger partial charge in [-0.3, -0.25) is 10.4 Å². The van der Waals surface area contributed by atoms with Crippen molar-refractivity contribution in [3.8, 4) is 0 Å². The molecule has 7 nitrogen and oxygen atoms in total. The molecule has 0 saturated carbocycles. The fourth-order valence-corrected chi connectivity index (χ4v) is 3.77. The van der Waals surface area contributed by atoms with Gasteiger partial charge in [0.1, 0.15) is 0 Å². The third-order valence-electron chi connectivity index (χ3n) is 5.11. The molecule has 0 aromatic carbocycles. The van der Waals surface area contributed by atoms with Crippen molar-refractivity contribution in [1.29, 1.82) is 0 Å². The molecule has 2 aliphatic heterocycles. The Bertz CT molecular complexity index is 651. The van der Waals surface area contributed by atoms with Crippen LogP contribution in [0.25, 0.3) is 0 Å². The first-order valence-electron chi connectivity index (χ1n) is 9.04. The molecule has 0 radical (unpaired) electrons. The second kappa shape index (κ2) is 7.86. The van der Waals surface area contributed by atoms with Gasteiger partial charge < -0.3 is 10.2 Å². The summed E-state index contributed by atoms with van der Waals surface area (Å²) in [5.41, 5.74) is 7.92. The Labute approximate surface area is 148 Å². The van der Waals surface area contributed by atoms with Crippen molar-refractivity contribution in [3.05, 3.63) is 48.4 Å². The van der Waals surface area contributed by atoms with Crippen LogP contribution in [0.15, 0.2) is 42.9 Å². The lowest BCUT2D eigenvalue weighted by atomic mass is 9.95. The highest BCUT2D eigenvalue weighted by Gasteiger charge is 2.29. The summed E-state index contributed by atoms with van der Waals surface area (Å²) in [6.07, 6.45) is 7.89. The number of hydrogen-bond donors (Lipinski definition) is 3. The van der Waals surface area contributed by atoms with Crippen LogP contribution in [-0.4, -0.2) is 47.4 Å². The number of rotatable bonds is 5. The first-order valence-corrected chi connectivity index (χ1v) is 9.04. The molecule has 0 bridgehead atoms. The Hall–Kier alpha value is -2.09. The summed E-state index contributed by atoms with van der Waals surface area (Å²) in [6, 6.07) is 8.93. The lowest BCUT2D eigenvalue weighted by Gasteiger charge is -2.34. The van der Waals surface area contributed by atoms with Crippen LogP contribution < -0.4 is 21.1 Å². The van der Waals surface area contributed by atoms with E-state index in [0.29, 0.717) is 18.0 Å². The van der Waals surface area contributed by atoms with Crippen LogP contribution in [0.3, 0.4) is 0 Å². The number of nitrogens with one attached hydrogen (secondary N) is 3. The molecule has 3 atom stereocenters. The highest BCUT2D eigenvalue weighted by atomic mass is 15.4. The smallest absolute Gasteiger partial charge is 0.151 e. The summed E-state index contributed by atoms with van der Waals surface area (Å²) >= 11 is 0. The van der Waals surface area contributed by atoms with Crippen molar-refractivity contribution in [2.24, 2.45) is 5.92 Å². The van der Waals surface area contributed by atoms with E-state index in [1.807, 2.05) is 30.6 Å². The fraction of sp³-hybridized carbons (Fsp3) is 0.500. The number of pyridine rings is 1. The van der Waals surface area contributed by atoms with E-state index in [-0.39, 0.29) is 0 Å². The van der Waals surface area contributed by atoms with Crippen LogP contribution in [0.1, 0.15) is 24.4 Å². The van der Waals surface area contributed by atoms with Gasteiger partial charge in [0.25, 0.3) is 0 Å². The largest absolute Gasteiger partial charge is 0.354 e. The van der Waals surface area contributed by atoms with Gasteiger partial charge in [-0.15, -0.1) is 5.10 Å². The lowest BCUT2D eigenvalue weighted by Crippen LogP contribution is -2.47. The normalized spacial score (nSPS) is 26.7. The SMILES string of the molecule is c1cncc(C2NNCC2CNC2CCCN(c3cccnn3)C2)c1. The molecule has 3 unspecified atom stereocenters. The van der Waals surface area contributed by atoms with E-state index in [0.717, 1.165) is 32.0 Å². The maximum absolute atomic E-state index is 4.25. The van der Waals surface area contributed by atoms with Crippen molar-refractivity contribution in [3.63, 3.8) is 0 Å². The van der Waals surface area contributed by atoms with E-state index < -0.39 is 0 Å². The topological polar surface area (TPSA) is 78.0 Å². The summed E-state index contributed by atoms with van der Waals surface area (Å²) in [5.74, 6) is 1.49. The van der Waals surface area contributed by atoms with Crippen molar-refractivity contribution in [1.82, 2.24) is 31.3 Å². The highest BCUT2D eigenvalue weighted by Crippen LogP contribution is 2.24. The third kappa shape index (κ3) is 3.95. The Morgan fingerprint density at radius 1 is 1.24 bits per heavy atom. The van der Waals surface area contributed by atoms with E-state index in [1.165, 1.54) is 18.4 Å². The Kier molecular flexibility index (Phi) is 5.15. The number of piperidine rings is 1. The van der Waals surface area contributed by atoms with Crippen LogP contribution in [0, 0.1) is 5.92 Å². The van der Waals surface area contributed by atoms with Crippen molar-refractivity contribution in [2.75, 3.05) is 31.1 Å². The second-order valence-corrected chi connectivity index (χ2v) is 6.82. The molecule has 4 rings (SSSR count). The molecule has 3 N–H and O–H groups in total. The summed E-state index contributed by atoms with van der Waals surface area (Å²) < 4.78 is 0. The molecular formula is C18H25N7. The lowest BCUT2D eigenvalue weighted by molar-refractivity contribution is 0.369. The van der Waals surface area contributed by atoms with Crippen LogP contribution >= 0.6 is 0 Å². The molecular weight excluding hydrogens is 314 g/mol. The van der Waals surface area contributed by atoms with E-state index in [9.17, 15) is 0 Å². The second-order valence-electron chi connectivity index (χ2n) is 6.82. The molecule has 2 aromatic rings. The van der Waals surface area contributed by atoms with Gasteiger partial charge >= 0.3 is 0 Å². The molecule has 0 amide bonds. The quantitative estimate of drug-likeness (QED) is 0.747. The van der Waals surface area contributed by atoms with E-state index >= 15 is 0 Å². The fourth-order valence-electron chi connectivity index (χ4n) is 3.77.